The predicted molar refractivity (Wildman–Crippen MR) is 137 cm³/mol. The summed E-state index contributed by atoms with van der Waals surface area (Å²) in [5.74, 6) is 0.190. The van der Waals surface area contributed by atoms with E-state index in [1.807, 2.05) is 54.6 Å². The van der Waals surface area contributed by atoms with Crippen molar-refractivity contribution in [3.05, 3.63) is 98.4 Å². The van der Waals surface area contributed by atoms with Crippen molar-refractivity contribution in [1.82, 2.24) is 5.32 Å². The smallest absolute Gasteiger partial charge is 0.280 e. The average Bonchev–Trinajstić information content (AvgIpc) is 3.21. The summed E-state index contributed by atoms with van der Waals surface area (Å²) in [6.45, 7) is 2.30. The van der Waals surface area contributed by atoms with Crippen LogP contribution < -0.4 is 14.8 Å². The quantitative estimate of drug-likeness (QED) is 0.250. The van der Waals surface area contributed by atoms with E-state index in [9.17, 15) is 14.9 Å². The number of amidine groups is 1. The van der Waals surface area contributed by atoms with Gasteiger partial charge in [0.2, 0.25) is 0 Å². The highest BCUT2D eigenvalue weighted by atomic mass is 32.2. The Morgan fingerprint density at radius 3 is 2.46 bits per heavy atom. The topological polar surface area (TPSA) is 103 Å². The molecule has 0 atom stereocenters. The number of aryl methyl sites for hydroxylation is 1. The molecule has 0 radical (unpaired) electrons. The Labute approximate surface area is 206 Å². The minimum Gasteiger partial charge on any atom is -0.493 e. The Bertz CT molecular complexity index is 1300. The van der Waals surface area contributed by atoms with Gasteiger partial charge in [0.15, 0.2) is 16.7 Å². The van der Waals surface area contributed by atoms with Gasteiger partial charge in [-0.15, -0.1) is 0 Å². The lowest BCUT2D eigenvalue weighted by atomic mass is 10.1. The zero-order chi connectivity index (χ0) is 24.8. The van der Waals surface area contributed by atoms with Crippen LogP contribution in [0.5, 0.6) is 11.5 Å². The largest absolute Gasteiger partial charge is 0.493 e. The number of ether oxygens (including phenoxy) is 2. The third kappa shape index (κ3) is 5.88. The Hall–Kier alpha value is -4.11. The van der Waals surface area contributed by atoms with Gasteiger partial charge in [-0.05, 0) is 53.6 Å². The van der Waals surface area contributed by atoms with Crippen LogP contribution in [0.25, 0.3) is 6.08 Å². The van der Waals surface area contributed by atoms with Gasteiger partial charge in [0.1, 0.15) is 6.61 Å². The summed E-state index contributed by atoms with van der Waals surface area (Å²) in [7, 11) is 1.46. The standard InChI is InChI=1S/C26H23N3O5S/c1-3-17-9-11-20(12-10-17)27-26-28-25(30)24(35-26)14-19-13-22(33-2)23(15-21(19)29(31)32)34-16-18-7-5-4-6-8-18/h4-15H,3,16H2,1-2H3,(H,27,28,30)/b24-14-. The Balaban J connectivity index is 1.60. The van der Waals surface area contributed by atoms with E-state index in [1.165, 1.54) is 30.9 Å². The lowest BCUT2D eigenvalue weighted by molar-refractivity contribution is -0.385. The van der Waals surface area contributed by atoms with E-state index in [0.717, 1.165) is 23.7 Å². The lowest BCUT2D eigenvalue weighted by Gasteiger charge is -2.12. The number of nitro benzene ring substituents is 1. The molecule has 0 unspecified atom stereocenters. The summed E-state index contributed by atoms with van der Waals surface area (Å²) in [4.78, 5) is 28.6. The number of rotatable bonds is 8. The minimum absolute atomic E-state index is 0.199. The van der Waals surface area contributed by atoms with Crippen LogP contribution in [0.15, 0.2) is 76.6 Å². The molecule has 0 aromatic heterocycles. The van der Waals surface area contributed by atoms with Crippen molar-refractivity contribution in [2.45, 2.75) is 20.0 Å². The van der Waals surface area contributed by atoms with E-state index in [2.05, 4.69) is 17.2 Å². The second-order valence-electron chi connectivity index (χ2n) is 7.59. The van der Waals surface area contributed by atoms with Crippen molar-refractivity contribution in [3.8, 4) is 11.5 Å². The van der Waals surface area contributed by atoms with E-state index in [0.29, 0.717) is 16.6 Å². The molecule has 1 amide bonds. The van der Waals surface area contributed by atoms with Crippen LogP contribution in [-0.2, 0) is 17.8 Å². The van der Waals surface area contributed by atoms with Crippen LogP contribution in [0.4, 0.5) is 11.4 Å². The number of nitro groups is 1. The maximum atomic E-state index is 12.5. The highest BCUT2D eigenvalue weighted by molar-refractivity contribution is 8.18. The molecule has 1 N–H and O–H groups in total. The van der Waals surface area contributed by atoms with Gasteiger partial charge >= 0.3 is 0 Å². The molecule has 0 aliphatic carbocycles. The molecule has 1 fully saturated rings. The molecule has 4 rings (SSSR count). The Kier molecular flexibility index (Phi) is 7.47. The molecule has 0 spiro atoms. The normalized spacial score (nSPS) is 15.3. The average molecular weight is 490 g/mol. The molecule has 1 aliphatic rings. The molecule has 9 heteroatoms. The number of nitrogens with one attached hydrogen (secondary N) is 1. The fraction of sp³-hybridized carbons (Fsp3) is 0.154. The van der Waals surface area contributed by atoms with Gasteiger partial charge in [0.25, 0.3) is 11.6 Å². The van der Waals surface area contributed by atoms with Gasteiger partial charge < -0.3 is 14.8 Å². The van der Waals surface area contributed by atoms with Crippen molar-refractivity contribution in [1.29, 1.82) is 0 Å². The minimum atomic E-state index is -0.511. The number of hydrogen-bond donors (Lipinski definition) is 1. The highest BCUT2D eigenvalue weighted by Crippen LogP contribution is 2.38. The summed E-state index contributed by atoms with van der Waals surface area (Å²) in [6, 6.07) is 20.0. The van der Waals surface area contributed by atoms with Crippen molar-refractivity contribution in [2.24, 2.45) is 4.99 Å². The van der Waals surface area contributed by atoms with Gasteiger partial charge in [0.05, 0.1) is 34.3 Å². The molecule has 0 bridgehead atoms. The van der Waals surface area contributed by atoms with E-state index >= 15 is 0 Å². The van der Waals surface area contributed by atoms with Crippen molar-refractivity contribution in [2.75, 3.05) is 7.11 Å². The van der Waals surface area contributed by atoms with Crippen LogP contribution in [0.2, 0.25) is 0 Å². The Morgan fingerprint density at radius 2 is 1.80 bits per heavy atom. The number of nitrogens with zero attached hydrogens (tertiary/aromatic N) is 2. The zero-order valence-electron chi connectivity index (χ0n) is 19.2. The number of amides is 1. The fourth-order valence-corrected chi connectivity index (χ4v) is 4.22. The molecule has 1 aliphatic heterocycles. The molecule has 3 aromatic carbocycles. The van der Waals surface area contributed by atoms with Crippen molar-refractivity contribution >= 4 is 40.3 Å². The first-order valence-electron chi connectivity index (χ1n) is 10.9. The van der Waals surface area contributed by atoms with Crippen LogP contribution in [0.3, 0.4) is 0 Å². The number of carbonyl (C=O) groups is 1. The number of methoxy groups -OCH3 is 1. The molecule has 35 heavy (non-hydrogen) atoms. The predicted octanol–water partition coefficient (Wildman–Crippen LogP) is 5.64. The van der Waals surface area contributed by atoms with Gasteiger partial charge in [-0.1, -0.05) is 49.4 Å². The Morgan fingerprint density at radius 1 is 1.06 bits per heavy atom. The number of hydrogen-bond acceptors (Lipinski definition) is 7. The third-order valence-corrected chi connectivity index (χ3v) is 6.17. The number of thioether (sulfide) groups is 1. The first-order valence-corrected chi connectivity index (χ1v) is 11.7. The van der Waals surface area contributed by atoms with E-state index in [4.69, 9.17) is 9.47 Å². The second-order valence-corrected chi connectivity index (χ2v) is 8.63. The molecule has 1 heterocycles. The van der Waals surface area contributed by atoms with Gasteiger partial charge in [-0.25, -0.2) is 4.99 Å². The maximum Gasteiger partial charge on any atom is 0.280 e. The molecule has 8 nitrogen and oxygen atoms in total. The van der Waals surface area contributed by atoms with Crippen LogP contribution >= 0.6 is 11.8 Å². The number of carbonyl (C=O) groups excluding carboxylic acids is 1. The first kappa shape index (κ1) is 24.0. The lowest BCUT2D eigenvalue weighted by Crippen LogP contribution is -2.19. The molecule has 0 saturated carbocycles. The zero-order valence-corrected chi connectivity index (χ0v) is 20.0. The third-order valence-electron chi connectivity index (χ3n) is 5.26. The molecule has 3 aromatic rings. The van der Waals surface area contributed by atoms with Crippen LogP contribution in [-0.4, -0.2) is 23.1 Å². The van der Waals surface area contributed by atoms with Crippen LogP contribution in [0.1, 0.15) is 23.6 Å². The number of benzene rings is 3. The van der Waals surface area contributed by atoms with E-state index in [1.54, 1.807) is 0 Å². The van der Waals surface area contributed by atoms with Crippen molar-refractivity contribution < 1.29 is 19.2 Å². The first-order chi connectivity index (χ1) is 17.0. The SMILES string of the molecule is CCc1ccc(N=C2NC(=O)/C(=C/c3cc(OC)c(OCc4ccccc4)cc3[N+](=O)[O-])S2)cc1. The monoisotopic (exact) mass is 489 g/mol. The van der Waals surface area contributed by atoms with Crippen molar-refractivity contribution in [3.63, 3.8) is 0 Å². The molecule has 178 valence electrons. The number of aliphatic imine (C=N–C) groups is 1. The summed E-state index contributed by atoms with van der Waals surface area (Å²) >= 11 is 1.12. The summed E-state index contributed by atoms with van der Waals surface area (Å²) in [5.41, 5.74) is 2.84. The van der Waals surface area contributed by atoms with Crippen LogP contribution in [0, 0.1) is 10.1 Å². The van der Waals surface area contributed by atoms with Gasteiger partial charge in [-0.2, -0.15) is 0 Å². The van der Waals surface area contributed by atoms with Gasteiger partial charge in [0, 0.05) is 0 Å². The van der Waals surface area contributed by atoms with E-state index in [-0.39, 0.29) is 34.4 Å². The maximum absolute atomic E-state index is 12.5. The van der Waals surface area contributed by atoms with E-state index < -0.39 is 4.92 Å². The van der Waals surface area contributed by atoms with Gasteiger partial charge in [-0.3, -0.25) is 14.9 Å². The second kappa shape index (κ2) is 10.9. The summed E-state index contributed by atoms with van der Waals surface area (Å²) in [6.07, 6.45) is 2.39. The molecule has 1 saturated heterocycles. The summed E-state index contributed by atoms with van der Waals surface area (Å²) in [5, 5.41) is 14.9. The molecular weight excluding hydrogens is 466 g/mol. The summed E-state index contributed by atoms with van der Waals surface area (Å²) < 4.78 is 11.2. The fourth-order valence-electron chi connectivity index (χ4n) is 3.39. The highest BCUT2D eigenvalue weighted by Gasteiger charge is 2.26. The molecular formula is C26H23N3O5S.